The lowest BCUT2D eigenvalue weighted by Crippen LogP contribution is -2.51. The minimum atomic E-state index is -0.588. The molecule has 0 aromatic rings. The first kappa shape index (κ1) is 16.3. The summed E-state index contributed by atoms with van der Waals surface area (Å²) in [6.07, 6.45) is 1.81. The maximum atomic E-state index is 12.4. The Balaban J connectivity index is 2.92. The Bertz CT molecular complexity index is 316. The highest BCUT2D eigenvalue weighted by Gasteiger charge is 2.47. The van der Waals surface area contributed by atoms with Gasteiger partial charge in [0.05, 0.1) is 12.6 Å². The molecule has 0 N–H and O–H groups in total. The molecule has 4 nitrogen and oxygen atoms in total. The Labute approximate surface area is 117 Å². The summed E-state index contributed by atoms with van der Waals surface area (Å²) in [6.45, 7) is 14.4. The molecule has 19 heavy (non-hydrogen) atoms. The highest BCUT2D eigenvalue weighted by atomic mass is 16.6. The highest BCUT2D eigenvalue weighted by Crippen LogP contribution is 2.34. The fourth-order valence-electron chi connectivity index (χ4n) is 2.68. The number of hydrogen-bond donors (Lipinski definition) is 0. The molecule has 1 fully saturated rings. The van der Waals surface area contributed by atoms with Crippen LogP contribution >= 0.6 is 0 Å². The molecule has 0 aromatic heterocycles. The number of hydrogen-bond acceptors (Lipinski definition) is 3. The van der Waals surface area contributed by atoms with Crippen molar-refractivity contribution in [3.05, 3.63) is 0 Å². The molecule has 1 heterocycles. The third-order valence-corrected chi connectivity index (χ3v) is 3.70. The van der Waals surface area contributed by atoms with Gasteiger partial charge in [0, 0.05) is 0 Å². The lowest BCUT2D eigenvalue weighted by Gasteiger charge is -2.37. The zero-order valence-corrected chi connectivity index (χ0v) is 13.4. The summed E-state index contributed by atoms with van der Waals surface area (Å²) < 4.78 is 11.3. The van der Waals surface area contributed by atoms with Crippen molar-refractivity contribution in [1.29, 1.82) is 0 Å². The topological polar surface area (TPSA) is 38.8 Å². The van der Waals surface area contributed by atoms with Crippen molar-refractivity contribution in [2.75, 3.05) is 6.61 Å². The molecule has 1 aliphatic heterocycles. The summed E-state index contributed by atoms with van der Waals surface area (Å²) in [7, 11) is 0. The predicted octanol–water partition coefficient (Wildman–Crippen LogP) is 3.79. The van der Waals surface area contributed by atoms with E-state index in [1.165, 1.54) is 0 Å². The number of amides is 1. The second-order valence-electron chi connectivity index (χ2n) is 6.75. The van der Waals surface area contributed by atoms with Crippen LogP contribution in [0.5, 0.6) is 0 Å². The van der Waals surface area contributed by atoms with Crippen LogP contribution in [0.1, 0.15) is 61.3 Å². The average Bonchev–Trinajstić information content (AvgIpc) is 2.54. The van der Waals surface area contributed by atoms with E-state index in [9.17, 15) is 4.79 Å². The molecule has 0 spiro atoms. The molecule has 0 aromatic carbocycles. The van der Waals surface area contributed by atoms with Gasteiger partial charge in [-0.05, 0) is 40.5 Å². The van der Waals surface area contributed by atoms with Crippen molar-refractivity contribution < 1.29 is 14.3 Å². The molecule has 112 valence electrons. The number of carbonyl (C=O) groups excluding carboxylic acids is 1. The normalized spacial score (nSPS) is 22.9. The van der Waals surface area contributed by atoms with Crippen LogP contribution < -0.4 is 0 Å². The predicted molar refractivity (Wildman–Crippen MR) is 76.0 cm³/mol. The third kappa shape index (κ3) is 3.85. The second-order valence-corrected chi connectivity index (χ2v) is 6.75. The molecule has 1 amide bonds. The Hall–Kier alpha value is -0.770. The standard InChI is InChI=1S/C15H29NO3/c1-8-11(9-2)12-10-18-15(6,7)16(12)13(17)19-14(3,4)5/h11-12H,8-10H2,1-7H3. The molecule has 1 rings (SSSR count). The van der Waals surface area contributed by atoms with Crippen molar-refractivity contribution in [3.63, 3.8) is 0 Å². The van der Waals surface area contributed by atoms with Gasteiger partial charge in [-0.3, -0.25) is 4.90 Å². The van der Waals surface area contributed by atoms with Gasteiger partial charge < -0.3 is 9.47 Å². The molecule has 0 saturated carbocycles. The SMILES string of the molecule is CCC(CC)C1COC(C)(C)N1C(=O)OC(C)(C)C. The third-order valence-electron chi connectivity index (χ3n) is 3.70. The summed E-state index contributed by atoms with van der Waals surface area (Å²) in [5.74, 6) is 0.453. The van der Waals surface area contributed by atoms with Gasteiger partial charge in [0.25, 0.3) is 0 Å². The van der Waals surface area contributed by atoms with E-state index in [-0.39, 0.29) is 12.1 Å². The highest BCUT2D eigenvalue weighted by molar-refractivity contribution is 5.69. The van der Waals surface area contributed by atoms with E-state index in [1.54, 1.807) is 4.90 Å². The Morgan fingerprint density at radius 3 is 2.32 bits per heavy atom. The molecule has 1 unspecified atom stereocenters. The smallest absolute Gasteiger partial charge is 0.412 e. The van der Waals surface area contributed by atoms with Crippen molar-refractivity contribution in [1.82, 2.24) is 4.90 Å². The molecular formula is C15H29NO3. The summed E-state index contributed by atoms with van der Waals surface area (Å²) in [5.41, 5.74) is -1.07. The maximum Gasteiger partial charge on any atom is 0.412 e. The van der Waals surface area contributed by atoms with Gasteiger partial charge in [-0.15, -0.1) is 0 Å². The van der Waals surface area contributed by atoms with Crippen LogP contribution in [0.2, 0.25) is 0 Å². The number of rotatable bonds is 3. The van der Waals surface area contributed by atoms with Crippen LogP contribution in [0.15, 0.2) is 0 Å². The molecular weight excluding hydrogens is 242 g/mol. The van der Waals surface area contributed by atoms with Crippen LogP contribution in [0.3, 0.4) is 0 Å². The Morgan fingerprint density at radius 1 is 1.37 bits per heavy atom. The van der Waals surface area contributed by atoms with Crippen molar-refractivity contribution in [2.24, 2.45) is 5.92 Å². The van der Waals surface area contributed by atoms with Gasteiger partial charge in [0.2, 0.25) is 0 Å². The summed E-state index contributed by atoms with van der Waals surface area (Å²) in [6, 6.07) is 0.111. The van der Waals surface area contributed by atoms with Crippen molar-refractivity contribution in [2.45, 2.75) is 78.7 Å². The largest absolute Gasteiger partial charge is 0.444 e. The van der Waals surface area contributed by atoms with Crippen molar-refractivity contribution in [3.8, 4) is 0 Å². The van der Waals surface area contributed by atoms with Gasteiger partial charge in [-0.1, -0.05) is 26.7 Å². The molecule has 1 saturated heterocycles. The average molecular weight is 271 g/mol. The monoisotopic (exact) mass is 271 g/mol. The zero-order valence-electron chi connectivity index (χ0n) is 13.4. The summed E-state index contributed by atoms with van der Waals surface area (Å²) in [5, 5.41) is 0. The summed E-state index contributed by atoms with van der Waals surface area (Å²) >= 11 is 0. The van der Waals surface area contributed by atoms with E-state index in [4.69, 9.17) is 9.47 Å². The lowest BCUT2D eigenvalue weighted by molar-refractivity contribution is -0.0645. The molecule has 0 aliphatic carbocycles. The van der Waals surface area contributed by atoms with Crippen LogP contribution in [0.4, 0.5) is 4.79 Å². The molecule has 1 atom stereocenters. The molecule has 1 aliphatic rings. The molecule has 0 radical (unpaired) electrons. The van der Waals surface area contributed by atoms with Gasteiger partial charge >= 0.3 is 6.09 Å². The number of carbonyl (C=O) groups is 1. The quantitative estimate of drug-likeness (QED) is 0.783. The van der Waals surface area contributed by atoms with Crippen LogP contribution in [-0.4, -0.2) is 35.0 Å². The fraction of sp³-hybridized carbons (Fsp3) is 0.933. The summed E-state index contributed by atoms with van der Waals surface area (Å²) in [4.78, 5) is 14.2. The lowest BCUT2D eigenvalue weighted by atomic mass is 9.93. The number of ether oxygens (including phenoxy) is 2. The van der Waals surface area contributed by atoms with E-state index in [0.717, 1.165) is 12.8 Å². The molecule has 0 bridgehead atoms. The first-order chi connectivity index (χ1) is 8.62. The second kappa shape index (κ2) is 5.70. The van der Waals surface area contributed by atoms with Gasteiger partial charge in [0.1, 0.15) is 11.3 Å². The maximum absolute atomic E-state index is 12.4. The first-order valence-electron chi connectivity index (χ1n) is 7.28. The van der Waals surface area contributed by atoms with Gasteiger partial charge in [-0.2, -0.15) is 0 Å². The van der Waals surface area contributed by atoms with Gasteiger partial charge in [0.15, 0.2) is 0 Å². The van der Waals surface area contributed by atoms with Crippen molar-refractivity contribution >= 4 is 6.09 Å². The van der Waals surface area contributed by atoms with E-state index in [2.05, 4.69) is 13.8 Å². The fourth-order valence-corrected chi connectivity index (χ4v) is 2.68. The Kier molecular flexibility index (Phi) is 4.88. The van der Waals surface area contributed by atoms with Crippen LogP contribution in [-0.2, 0) is 9.47 Å². The van der Waals surface area contributed by atoms with Crippen LogP contribution in [0.25, 0.3) is 0 Å². The zero-order chi connectivity index (χ0) is 14.8. The van der Waals surface area contributed by atoms with E-state index >= 15 is 0 Å². The van der Waals surface area contributed by atoms with E-state index in [0.29, 0.717) is 12.5 Å². The van der Waals surface area contributed by atoms with Crippen LogP contribution in [0, 0.1) is 5.92 Å². The van der Waals surface area contributed by atoms with E-state index < -0.39 is 11.3 Å². The minimum Gasteiger partial charge on any atom is -0.444 e. The number of nitrogens with zero attached hydrogens (tertiary/aromatic N) is 1. The Morgan fingerprint density at radius 2 is 1.89 bits per heavy atom. The van der Waals surface area contributed by atoms with E-state index in [1.807, 2.05) is 34.6 Å². The van der Waals surface area contributed by atoms with Gasteiger partial charge in [-0.25, -0.2) is 4.79 Å². The first-order valence-corrected chi connectivity index (χ1v) is 7.28. The minimum absolute atomic E-state index is 0.111. The molecule has 4 heteroatoms.